The Bertz CT molecular complexity index is 744. The lowest BCUT2D eigenvalue weighted by Crippen LogP contribution is -1.95. The van der Waals surface area contributed by atoms with Gasteiger partial charge in [-0.25, -0.2) is 0 Å². The molecule has 0 aliphatic carbocycles. The highest BCUT2D eigenvalue weighted by Crippen LogP contribution is 2.18. The number of phenolic OH excluding ortho intramolecular Hbond substituents is 2. The van der Waals surface area contributed by atoms with Gasteiger partial charge < -0.3 is 14.9 Å². The number of rotatable bonds is 5. The average molecular weight is 306 g/mol. The van der Waals surface area contributed by atoms with Crippen molar-refractivity contribution in [3.05, 3.63) is 89.5 Å². The molecule has 0 saturated heterocycles. The van der Waals surface area contributed by atoms with Gasteiger partial charge in [0.15, 0.2) is 0 Å². The molecule has 3 aromatic rings. The molecular weight excluding hydrogens is 288 g/mol. The number of benzene rings is 3. The molecular formula is C20H18O3. The molecule has 0 bridgehead atoms. The van der Waals surface area contributed by atoms with Crippen molar-refractivity contribution in [2.75, 3.05) is 0 Å². The molecule has 0 atom stereocenters. The lowest BCUT2D eigenvalue weighted by Gasteiger charge is -2.08. The Balaban J connectivity index is 1.58. The summed E-state index contributed by atoms with van der Waals surface area (Å²) in [6, 6.07) is 22.2. The first-order chi connectivity index (χ1) is 11.2. The maximum Gasteiger partial charge on any atom is 0.119 e. The summed E-state index contributed by atoms with van der Waals surface area (Å²) >= 11 is 0. The van der Waals surface area contributed by atoms with Crippen LogP contribution in [-0.4, -0.2) is 10.2 Å². The maximum absolute atomic E-state index is 9.30. The molecule has 0 saturated carbocycles. The van der Waals surface area contributed by atoms with E-state index in [1.807, 2.05) is 48.5 Å². The SMILES string of the molecule is Oc1ccc(COc2ccc(Cc3ccc(O)cc3)cc2)cc1. The Morgan fingerprint density at radius 3 is 1.52 bits per heavy atom. The van der Waals surface area contributed by atoms with Crippen molar-refractivity contribution in [2.45, 2.75) is 13.0 Å². The van der Waals surface area contributed by atoms with Gasteiger partial charge in [-0.2, -0.15) is 0 Å². The van der Waals surface area contributed by atoms with E-state index in [9.17, 15) is 10.2 Å². The van der Waals surface area contributed by atoms with Crippen LogP contribution in [0, 0.1) is 0 Å². The van der Waals surface area contributed by atoms with Gasteiger partial charge in [-0.3, -0.25) is 0 Å². The van der Waals surface area contributed by atoms with Gasteiger partial charge in [0.1, 0.15) is 23.9 Å². The van der Waals surface area contributed by atoms with Gasteiger partial charge in [0.25, 0.3) is 0 Å². The Kier molecular flexibility index (Phi) is 4.48. The molecule has 0 aliphatic heterocycles. The quantitative estimate of drug-likeness (QED) is 0.740. The third kappa shape index (κ3) is 4.27. The fourth-order valence-corrected chi connectivity index (χ4v) is 2.31. The van der Waals surface area contributed by atoms with E-state index in [0.717, 1.165) is 23.3 Å². The second-order valence-corrected chi connectivity index (χ2v) is 5.44. The molecule has 0 unspecified atom stereocenters. The second kappa shape index (κ2) is 6.88. The minimum absolute atomic E-state index is 0.257. The molecule has 0 aromatic heterocycles. The van der Waals surface area contributed by atoms with E-state index in [-0.39, 0.29) is 11.5 Å². The fourth-order valence-electron chi connectivity index (χ4n) is 2.31. The van der Waals surface area contributed by atoms with Crippen LogP contribution in [0.3, 0.4) is 0 Å². The third-order valence-corrected chi connectivity index (χ3v) is 3.61. The minimum atomic E-state index is 0.257. The van der Waals surface area contributed by atoms with Crippen LogP contribution in [0.15, 0.2) is 72.8 Å². The summed E-state index contributed by atoms with van der Waals surface area (Å²) < 4.78 is 5.74. The Morgan fingerprint density at radius 2 is 1.00 bits per heavy atom. The van der Waals surface area contributed by atoms with Gasteiger partial charge in [0.2, 0.25) is 0 Å². The van der Waals surface area contributed by atoms with Gasteiger partial charge in [-0.1, -0.05) is 36.4 Å². The minimum Gasteiger partial charge on any atom is -0.508 e. The van der Waals surface area contributed by atoms with Crippen molar-refractivity contribution in [1.82, 2.24) is 0 Å². The van der Waals surface area contributed by atoms with Crippen LogP contribution in [-0.2, 0) is 13.0 Å². The molecule has 116 valence electrons. The number of ether oxygens (including phenoxy) is 1. The summed E-state index contributed by atoms with van der Waals surface area (Å²) in [5.41, 5.74) is 3.35. The van der Waals surface area contributed by atoms with Crippen LogP contribution in [0.2, 0.25) is 0 Å². The van der Waals surface area contributed by atoms with Crippen molar-refractivity contribution in [3.8, 4) is 17.2 Å². The van der Waals surface area contributed by atoms with Crippen molar-refractivity contribution in [2.24, 2.45) is 0 Å². The largest absolute Gasteiger partial charge is 0.508 e. The second-order valence-electron chi connectivity index (χ2n) is 5.44. The average Bonchev–Trinajstić information content (AvgIpc) is 2.58. The summed E-state index contributed by atoms with van der Waals surface area (Å²) in [6.07, 6.45) is 0.818. The summed E-state index contributed by atoms with van der Waals surface area (Å²) in [6.45, 7) is 0.470. The zero-order chi connectivity index (χ0) is 16.1. The number of phenols is 2. The molecule has 0 aliphatic rings. The highest BCUT2D eigenvalue weighted by Gasteiger charge is 2.00. The van der Waals surface area contributed by atoms with Crippen molar-refractivity contribution >= 4 is 0 Å². The van der Waals surface area contributed by atoms with E-state index < -0.39 is 0 Å². The van der Waals surface area contributed by atoms with Gasteiger partial charge in [-0.15, -0.1) is 0 Å². The molecule has 0 spiro atoms. The lowest BCUT2D eigenvalue weighted by molar-refractivity contribution is 0.306. The van der Waals surface area contributed by atoms with Crippen LogP contribution in [0.5, 0.6) is 17.2 Å². The van der Waals surface area contributed by atoms with E-state index in [0.29, 0.717) is 6.61 Å². The summed E-state index contributed by atoms with van der Waals surface area (Å²) in [5, 5.41) is 18.6. The molecule has 3 heteroatoms. The molecule has 0 radical (unpaired) electrons. The maximum atomic E-state index is 9.30. The zero-order valence-corrected chi connectivity index (χ0v) is 12.6. The van der Waals surface area contributed by atoms with Crippen molar-refractivity contribution < 1.29 is 14.9 Å². The van der Waals surface area contributed by atoms with E-state index in [1.165, 1.54) is 5.56 Å². The van der Waals surface area contributed by atoms with Crippen molar-refractivity contribution in [3.63, 3.8) is 0 Å². The molecule has 0 fully saturated rings. The van der Waals surface area contributed by atoms with Gasteiger partial charge in [0, 0.05) is 0 Å². The predicted molar refractivity (Wildman–Crippen MR) is 89.8 cm³/mol. The van der Waals surface area contributed by atoms with Gasteiger partial charge in [0.05, 0.1) is 0 Å². The standard InChI is InChI=1S/C20H18O3/c21-18-7-1-15(2-8-18)13-16-5-11-20(12-6-16)23-14-17-3-9-19(22)10-4-17/h1-12,21-22H,13-14H2. The van der Waals surface area contributed by atoms with Crippen LogP contribution in [0.25, 0.3) is 0 Å². The first kappa shape index (κ1) is 15.0. The van der Waals surface area contributed by atoms with Crippen LogP contribution in [0.1, 0.15) is 16.7 Å². The lowest BCUT2D eigenvalue weighted by atomic mass is 10.0. The monoisotopic (exact) mass is 306 g/mol. The van der Waals surface area contributed by atoms with E-state index in [1.54, 1.807) is 24.3 Å². The Morgan fingerprint density at radius 1 is 0.565 bits per heavy atom. The number of hydrogen-bond acceptors (Lipinski definition) is 3. The molecule has 3 nitrogen and oxygen atoms in total. The number of hydrogen-bond donors (Lipinski definition) is 2. The third-order valence-electron chi connectivity index (χ3n) is 3.61. The first-order valence-electron chi connectivity index (χ1n) is 7.46. The first-order valence-corrected chi connectivity index (χ1v) is 7.46. The van der Waals surface area contributed by atoms with E-state index in [4.69, 9.17) is 4.74 Å². The number of aromatic hydroxyl groups is 2. The van der Waals surface area contributed by atoms with Crippen molar-refractivity contribution in [1.29, 1.82) is 0 Å². The molecule has 23 heavy (non-hydrogen) atoms. The van der Waals surface area contributed by atoms with Gasteiger partial charge >= 0.3 is 0 Å². The zero-order valence-electron chi connectivity index (χ0n) is 12.6. The summed E-state index contributed by atoms with van der Waals surface area (Å²) in [5.74, 6) is 1.35. The summed E-state index contributed by atoms with van der Waals surface area (Å²) in [4.78, 5) is 0. The van der Waals surface area contributed by atoms with E-state index in [2.05, 4.69) is 0 Å². The van der Waals surface area contributed by atoms with Crippen LogP contribution in [0.4, 0.5) is 0 Å². The highest BCUT2D eigenvalue weighted by molar-refractivity contribution is 5.34. The highest BCUT2D eigenvalue weighted by atomic mass is 16.5. The molecule has 2 N–H and O–H groups in total. The smallest absolute Gasteiger partial charge is 0.119 e. The normalized spacial score (nSPS) is 10.4. The molecule has 3 aromatic carbocycles. The fraction of sp³-hybridized carbons (Fsp3) is 0.100. The molecule has 3 rings (SSSR count). The van der Waals surface area contributed by atoms with Crippen LogP contribution < -0.4 is 4.74 Å². The summed E-state index contributed by atoms with van der Waals surface area (Å²) in [7, 11) is 0. The Labute approximate surface area is 135 Å². The predicted octanol–water partition coefficient (Wildman–Crippen LogP) is 4.27. The molecule has 0 heterocycles. The molecule has 0 amide bonds. The van der Waals surface area contributed by atoms with E-state index >= 15 is 0 Å². The van der Waals surface area contributed by atoms with Crippen LogP contribution >= 0.6 is 0 Å². The Hall–Kier alpha value is -2.94. The topological polar surface area (TPSA) is 49.7 Å². The van der Waals surface area contributed by atoms with Gasteiger partial charge in [-0.05, 0) is 59.5 Å².